The van der Waals surface area contributed by atoms with E-state index in [2.05, 4.69) is 10.2 Å². The number of hydrogen-bond acceptors (Lipinski definition) is 4. The topological polar surface area (TPSA) is 101 Å². The van der Waals surface area contributed by atoms with Crippen LogP contribution in [-0.2, 0) is 11.2 Å². The van der Waals surface area contributed by atoms with Gasteiger partial charge in [-0.3, -0.25) is 14.7 Å². The minimum absolute atomic E-state index is 0.102. The molecule has 0 atom stereocenters. The third-order valence-electron chi connectivity index (χ3n) is 4.67. The highest BCUT2D eigenvalue weighted by Gasteiger charge is 2.25. The Morgan fingerprint density at radius 1 is 1.32 bits per heavy atom. The summed E-state index contributed by atoms with van der Waals surface area (Å²) in [6.45, 7) is 1.37. The van der Waals surface area contributed by atoms with E-state index in [0.29, 0.717) is 19.5 Å². The Bertz CT molecular complexity index is 763. The first-order valence-electron chi connectivity index (χ1n) is 8.33. The van der Waals surface area contributed by atoms with Crippen LogP contribution >= 0.6 is 0 Å². The first-order chi connectivity index (χ1) is 12.1. The van der Waals surface area contributed by atoms with E-state index in [4.69, 9.17) is 10.5 Å². The van der Waals surface area contributed by atoms with Gasteiger partial charge in [-0.05, 0) is 25.0 Å². The molecule has 7 nitrogen and oxygen atoms in total. The van der Waals surface area contributed by atoms with E-state index in [1.807, 2.05) is 29.2 Å². The number of nitrogens with one attached hydrogen (secondary N) is 1. The molecule has 1 fully saturated rings. The van der Waals surface area contributed by atoms with Crippen molar-refractivity contribution < 1.29 is 14.3 Å². The molecule has 1 aliphatic heterocycles. The highest BCUT2D eigenvalue weighted by molar-refractivity contribution is 5.90. The Kier molecular flexibility index (Phi) is 5.02. The number of benzene rings is 1. The van der Waals surface area contributed by atoms with Crippen LogP contribution in [0.5, 0.6) is 5.75 Å². The molecule has 2 heterocycles. The molecular formula is C18H22N4O3. The number of piperidine rings is 1. The lowest BCUT2D eigenvalue weighted by atomic mass is 9.93. The lowest BCUT2D eigenvalue weighted by molar-refractivity contribution is -0.131. The van der Waals surface area contributed by atoms with Gasteiger partial charge < -0.3 is 15.4 Å². The molecule has 1 aromatic heterocycles. The number of carbonyl (C=O) groups is 2. The molecular weight excluding hydrogens is 320 g/mol. The monoisotopic (exact) mass is 342 g/mol. The standard InChI is InChI=1S/C18H22N4O3/c1-25-16-5-3-2-4-13(16)10-17(23)22-8-6-12(7-9-22)14-11-15(18(19)24)21-20-14/h2-5,11-12H,6-10H2,1H3,(H2,19,24)(H,20,21). The second-order valence-electron chi connectivity index (χ2n) is 6.22. The average molecular weight is 342 g/mol. The summed E-state index contributed by atoms with van der Waals surface area (Å²) in [4.78, 5) is 25.6. The van der Waals surface area contributed by atoms with Crippen LogP contribution in [0.2, 0.25) is 0 Å². The number of nitrogens with two attached hydrogens (primary N) is 1. The second kappa shape index (κ2) is 7.38. The van der Waals surface area contributed by atoms with Crippen LogP contribution in [0.3, 0.4) is 0 Å². The Labute approximate surface area is 146 Å². The lowest BCUT2D eigenvalue weighted by Crippen LogP contribution is -2.38. The fraction of sp³-hybridized carbons (Fsp3) is 0.389. The fourth-order valence-electron chi connectivity index (χ4n) is 3.24. The molecule has 0 aliphatic carbocycles. The van der Waals surface area contributed by atoms with Crippen LogP contribution in [0, 0.1) is 0 Å². The molecule has 3 N–H and O–H groups in total. The second-order valence-corrected chi connectivity index (χ2v) is 6.22. The van der Waals surface area contributed by atoms with Gasteiger partial charge in [-0.1, -0.05) is 18.2 Å². The predicted molar refractivity (Wildman–Crippen MR) is 92.4 cm³/mol. The molecule has 0 unspecified atom stereocenters. The van der Waals surface area contributed by atoms with Gasteiger partial charge >= 0.3 is 0 Å². The normalized spacial score (nSPS) is 15.2. The van der Waals surface area contributed by atoms with E-state index in [1.165, 1.54) is 0 Å². The van der Waals surface area contributed by atoms with Crippen molar-refractivity contribution in [1.29, 1.82) is 0 Å². The number of amides is 2. The van der Waals surface area contributed by atoms with Crippen molar-refractivity contribution in [2.24, 2.45) is 5.73 Å². The van der Waals surface area contributed by atoms with Crippen molar-refractivity contribution in [3.63, 3.8) is 0 Å². The number of para-hydroxylation sites is 1. The van der Waals surface area contributed by atoms with Gasteiger partial charge in [0.15, 0.2) is 0 Å². The zero-order valence-electron chi connectivity index (χ0n) is 14.2. The molecule has 0 bridgehead atoms. The zero-order chi connectivity index (χ0) is 17.8. The largest absolute Gasteiger partial charge is 0.496 e. The van der Waals surface area contributed by atoms with Crippen molar-refractivity contribution in [2.45, 2.75) is 25.2 Å². The summed E-state index contributed by atoms with van der Waals surface area (Å²) in [5, 5.41) is 6.81. The fourth-order valence-corrected chi connectivity index (χ4v) is 3.24. The molecule has 132 valence electrons. The highest BCUT2D eigenvalue weighted by atomic mass is 16.5. The van der Waals surface area contributed by atoms with Crippen LogP contribution in [0.4, 0.5) is 0 Å². The third-order valence-corrected chi connectivity index (χ3v) is 4.67. The van der Waals surface area contributed by atoms with Crippen molar-refractivity contribution in [2.75, 3.05) is 20.2 Å². The van der Waals surface area contributed by atoms with Crippen LogP contribution < -0.4 is 10.5 Å². The molecule has 0 saturated carbocycles. The molecule has 1 aliphatic rings. The highest BCUT2D eigenvalue weighted by Crippen LogP contribution is 2.28. The summed E-state index contributed by atoms with van der Waals surface area (Å²) in [5.41, 5.74) is 7.29. The number of aromatic nitrogens is 2. The molecule has 3 rings (SSSR count). The smallest absolute Gasteiger partial charge is 0.269 e. The summed E-state index contributed by atoms with van der Waals surface area (Å²) in [6, 6.07) is 9.29. The number of carbonyl (C=O) groups excluding carboxylic acids is 2. The Morgan fingerprint density at radius 2 is 2.04 bits per heavy atom. The molecule has 7 heteroatoms. The minimum atomic E-state index is -0.535. The quantitative estimate of drug-likeness (QED) is 0.859. The van der Waals surface area contributed by atoms with Crippen LogP contribution in [0.1, 0.15) is 40.5 Å². The van der Waals surface area contributed by atoms with E-state index in [0.717, 1.165) is 29.8 Å². The maximum absolute atomic E-state index is 12.6. The zero-order valence-corrected chi connectivity index (χ0v) is 14.2. The molecule has 1 aromatic carbocycles. The summed E-state index contributed by atoms with van der Waals surface area (Å²) in [7, 11) is 1.61. The first-order valence-corrected chi connectivity index (χ1v) is 8.33. The summed E-state index contributed by atoms with van der Waals surface area (Å²) < 4.78 is 5.31. The van der Waals surface area contributed by atoms with Crippen molar-refractivity contribution in [3.05, 3.63) is 47.3 Å². The van der Waals surface area contributed by atoms with Gasteiger partial charge in [0.1, 0.15) is 11.4 Å². The van der Waals surface area contributed by atoms with Crippen LogP contribution in [0.15, 0.2) is 30.3 Å². The Hall–Kier alpha value is -2.83. The van der Waals surface area contributed by atoms with Gasteiger partial charge in [0.05, 0.1) is 13.5 Å². The van der Waals surface area contributed by atoms with Crippen LogP contribution in [-0.4, -0.2) is 47.1 Å². The predicted octanol–water partition coefficient (Wildman–Crippen LogP) is 1.47. The van der Waals surface area contributed by atoms with Crippen molar-refractivity contribution in [1.82, 2.24) is 15.1 Å². The van der Waals surface area contributed by atoms with Gasteiger partial charge in [0, 0.05) is 30.3 Å². The number of H-pyrrole nitrogens is 1. The molecule has 2 amide bonds. The average Bonchev–Trinajstić information content (AvgIpc) is 3.13. The number of primary amides is 1. The first kappa shape index (κ1) is 17.0. The van der Waals surface area contributed by atoms with E-state index < -0.39 is 5.91 Å². The molecule has 1 saturated heterocycles. The van der Waals surface area contributed by atoms with E-state index in [1.54, 1.807) is 13.2 Å². The van der Waals surface area contributed by atoms with Gasteiger partial charge in [-0.2, -0.15) is 5.10 Å². The number of nitrogens with zero attached hydrogens (tertiary/aromatic N) is 2. The molecule has 0 radical (unpaired) electrons. The van der Waals surface area contributed by atoms with E-state index in [9.17, 15) is 9.59 Å². The van der Waals surface area contributed by atoms with Gasteiger partial charge in [0.25, 0.3) is 5.91 Å². The molecule has 2 aromatic rings. The van der Waals surface area contributed by atoms with Crippen LogP contribution in [0.25, 0.3) is 0 Å². The van der Waals surface area contributed by atoms with Crippen molar-refractivity contribution in [3.8, 4) is 5.75 Å². The Morgan fingerprint density at radius 3 is 2.68 bits per heavy atom. The van der Waals surface area contributed by atoms with Gasteiger partial charge in [-0.15, -0.1) is 0 Å². The van der Waals surface area contributed by atoms with E-state index >= 15 is 0 Å². The SMILES string of the molecule is COc1ccccc1CC(=O)N1CCC(c2cc(C(N)=O)n[nH]2)CC1. The number of methoxy groups -OCH3 is 1. The Balaban J connectivity index is 1.58. The van der Waals surface area contributed by atoms with E-state index in [-0.39, 0.29) is 17.5 Å². The third kappa shape index (κ3) is 3.81. The number of rotatable bonds is 5. The summed E-state index contributed by atoms with van der Waals surface area (Å²) in [6.07, 6.45) is 2.00. The molecule has 0 spiro atoms. The number of aromatic amines is 1. The lowest BCUT2D eigenvalue weighted by Gasteiger charge is -2.31. The minimum Gasteiger partial charge on any atom is -0.496 e. The number of ether oxygens (including phenoxy) is 1. The van der Waals surface area contributed by atoms with Gasteiger partial charge in [0.2, 0.25) is 5.91 Å². The molecule has 25 heavy (non-hydrogen) atoms. The maximum atomic E-state index is 12.6. The van der Waals surface area contributed by atoms with Gasteiger partial charge in [-0.25, -0.2) is 0 Å². The van der Waals surface area contributed by atoms with Crippen molar-refractivity contribution >= 4 is 11.8 Å². The summed E-state index contributed by atoms with van der Waals surface area (Å²) >= 11 is 0. The number of hydrogen-bond donors (Lipinski definition) is 2. The summed E-state index contributed by atoms with van der Waals surface area (Å²) in [5.74, 6) is 0.565. The number of likely N-dealkylation sites (tertiary alicyclic amines) is 1. The maximum Gasteiger partial charge on any atom is 0.269 e.